The fourth-order valence-corrected chi connectivity index (χ4v) is 6.04. The summed E-state index contributed by atoms with van der Waals surface area (Å²) in [5.41, 5.74) is 2.02. The monoisotopic (exact) mass is 441 g/mol. The molecule has 1 aliphatic heterocycles. The van der Waals surface area contributed by atoms with Crippen LogP contribution in [0.15, 0.2) is 18.2 Å². The number of hydrogen-bond acceptors (Lipinski definition) is 5. The number of benzene rings is 1. The standard InChI is InChI=1S/C25H35N3O4/c1-6-31-17-8-9-19-18(10-17)21(22(26-19)23(30)32-7-2)27-20(29)13-28-15-25(5)12-16(28)11-24(3,4)14-25/h8-10,16,26H,6-7,11-15H2,1-5H3,(H,27,29). The van der Waals surface area contributed by atoms with Crippen LogP contribution >= 0.6 is 0 Å². The van der Waals surface area contributed by atoms with Gasteiger partial charge in [-0.15, -0.1) is 0 Å². The minimum Gasteiger partial charge on any atom is -0.494 e. The van der Waals surface area contributed by atoms with Gasteiger partial charge in [0.15, 0.2) is 0 Å². The van der Waals surface area contributed by atoms with Crippen molar-refractivity contribution in [2.75, 3.05) is 31.6 Å². The molecule has 0 radical (unpaired) electrons. The Morgan fingerprint density at radius 2 is 1.97 bits per heavy atom. The third-order valence-electron chi connectivity index (χ3n) is 6.69. The number of aromatic nitrogens is 1. The fourth-order valence-electron chi connectivity index (χ4n) is 6.04. The van der Waals surface area contributed by atoms with Crippen LogP contribution in [0.1, 0.15) is 64.4 Å². The van der Waals surface area contributed by atoms with Gasteiger partial charge in [0.25, 0.3) is 0 Å². The zero-order valence-electron chi connectivity index (χ0n) is 19.8. The Morgan fingerprint density at radius 1 is 1.19 bits per heavy atom. The quantitative estimate of drug-likeness (QED) is 0.615. The number of carbonyl (C=O) groups is 2. The van der Waals surface area contributed by atoms with E-state index in [9.17, 15) is 9.59 Å². The summed E-state index contributed by atoms with van der Waals surface area (Å²) < 4.78 is 10.8. The van der Waals surface area contributed by atoms with Crippen molar-refractivity contribution in [1.29, 1.82) is 0 Å². The van der Waals surface area contributed by atoms with E-state index in [4.69, 9.17) is 9.47 Å². The van der Waals surface area contributed by atoms with E-state index >= 15 is 0 Å². The molecule has 1 aromatic heterocycles. The molecule has 2 aromatic rings. The van der Waals surface area contributed by atoms with Crippen molar-refractivity contribution in [3.8, 4) is 5.75 Å². The van der Waals surface area contributed by atoms with Crippen molar-refractivity contribution in [2.24, 2.45) is 10.8 Å². The Labute approximate surface area is 189 Å². The Morgan fingerprint density at radius 3 is 2.69 bits per heavy atom. The van der Waals surface area contributed by atoms with Crippen molar-refractivity contribution >= 4 is 28.5 Å². The Bertz CT molecular complexity index is 1030. The number of aromatic amines is 1. The number of amides is 1. The molecule has 2 fully saturated rings. The second kappa shape index (κ2) is 8.43. The smallest absolute Gasteiger partial charge is 0.356 e. The number of carbonyl (C=O) groups excluding carboxylic acids is 2. The lowest BCUT2D eigenvalue weighted by atomic mass is 9.65. The lowest BCUT2D eigenvalue weighted by Gasteiger charge is -2.39. The lowest BCUT2D eigenvalue weighted by molar-refractivity contribution is -0.117. The van der Waals surface area contributed by atoms with E-state index in [0.717, 1.165) is 30.3 Å². The molecular weight excluding hydrogens is 406 g/mol. The van der Waals surface area contributed by atoms with Crippen LogP contribution in [0, 0.1) is 10.8 Å². The van der Waals surface area contributed by atoms with Gasteiger partial charge >= 0.3 is 5.97 Å². The van der Waals surface area contributed by atoms with Crippen LogP contribution in [-0.4, -0.2) is 54.1 Å². The maximum absolute atomic E-state index is 13.2. The first-order valence-corrected chi connectivity index (χ1v) is 11.6. The van der Waals surface area contributed by atoms with Gasteiger partial charge in [-0.3, -0.25) is 9.69 Å². The van der Waals surface area contributed by atoms with Gasteiger partial charge in [-0.25, -0.2) is 4.79 Å². The molecule has 2 unspecified atom stereocenters. The topological polar surface area (TPSA) is 83.7 Å². The number of fused-ring (bicyclic) bond motifs is 3. The number of nitrogens with zero attached hydrogens (tertiary/aromatic N) is 1. The van der Waals surface area contributed by atoms with E-state index in [-0.39, 0.29) is 23.6 Å². The number of nitrogens with one attached hydrogen (secondary N) is 2. The van der Waals surface area contributed by atoms with E-state index in [1.807, 2.05) is 25.1 Å². The molecule has 0 spiro atoms. The van der Waals surface area contributed by atoms with E-state index in [1.165, 1.54) is 6.42 Å². The van der Waals surface area contributed by atoms with Crippen LogP contribution in [-0.2, 0) is 9.53 Å². The molecular formula is C25H35N3O4. The number of hydrogen-bond donors (Lipinski definition) is 2. The van der Waals surface area contributed by atoms with Crippen LogP contribution in [0.4, 0.5) is 5.69 Å². The number of ether oxygens (including phenoxy) is 2. The van der Waals surface area contributed by atoms with E-state index < -0.39 is 5.97 Å². The Balaban J connectivity index is 1.58. The van der Waals surface area contributed by atoms with Crippen molar-refractivity contribution in [2.45, 2.75) is 59.9 Å². The van der Waals surface area contributed by atoms with E-state index in [2.05, 4.69) is 36.0 Å². The first kappa shape index (κ1) is 22.6. The highest BCUT2D eigenvalue weighted by Crippen LogP contribution is 2.52. The maximum Gasteiger partial charge on any atom is 0.356 e. The molecule has 1 aromatic carbocycles. The zero-order valence-corrected chi connectivity index (χ0v) is 19.8. The number of likely N-dealkylation sites (tertiary alicyclic amines) is 1. The average Bonchev–Trinajstić information content (AvgIpc) is 3.15. The van der Waals surface area contributed by atoms with Crippen LogP contribution in [0.25, 0.3) is 10.9 Å². The summed E-state index contributed by atoms with van der Waals surface area (Å²) in [4.78, 5) is 31.2. The van der Waals surface area contributed by atoms with Gasteiger partial charge in [0, 0.05) is 23.5 Å². The minimum atomic E-state index is -0.483. The van der Waals surface area contributed by atoms with Crippen LogP contribution < -0.4 is 10.1 Å². The predicted octanol–water partition coefficient (Wildman–Crippen LogP) is 4.58. The molecule has 1 aliphatic carbocycles. The molecule has 2 bridgehead atoms. The first-order chi connectivity index (χ1) is 15.1. The number of esters is 1. The molecule has 4 rings (SSSR count). The largest absolute Gasteiger partial charge is 0.494 e. The lowest BCUT2D eigenvalue weighted by Crippen LogP contribution is -2.38. The molecule has 2 heterocycles. The summed E-state index contributed by atoms with van der Waals surface area (Å²) in [6.45, 7) is 12.7. The summed E-state index contributed by atoms with van der Waals surface area (Å²) in [7, 11) is 0. The van der Waals surface area contributed by atoms with Gasteiger partial charge in [-0.05, 0) is 62.1 Å². The average molecular weight is 442 g/mol. The SMILES string of the molecule is CCOC(=O)c1[nH]c2ccc(OCC)cc2c1NC(=O)CN1CC2(C)CC1CC(C)(C)C2. The zero-order chi connectivity index (χ0) is 23.1. The molecule has 1 amide bonds. The van der Waals surface area contributed by atoms with Crippen LogP contribution in [0.5, 0.6) is 5.75 Å². The second-order valence-electron chi connectivity index (χ2n) is 10.4. The van der Waals surface area contributed by atoms with Crippen LogP contribution in [0.2, 0.25) is 0 Å². The highest BCUT2D eigenvalue weighted by molar-refractivity contribution is 6.11. The van der Waals surface area contributed by atoms with Gasteiger partial charge in [0.2, 0.25) is 5.91 Å². The van der Waals surface area contributed by atoms with Crippen molar-refractivity contribution < 1.29 is 19.1 Å². The van der Waals surface area contributed by atoms with Gasteiger partial charge in [-0.1, -0.05) is 20.8 Å². The Kier molecular flexibility index (Phi) is 5.96. The van der Waals surface area contributed by atoms with Gasteiger partial charge in [0.1, 0.15) is 11.4 Å². The molecule has 1 saturated carbocycles. The molecule has 2 N–H and O–H groups in total. The number of H-pyrrole nitrogens is 1. The predicted molar refractivity (Wildman–Crippen MR) is 125 cm³/mol. The third-order valence-corrected chi connectivity index (χ3v) is 6.69. The summed E-state index contributed by atoms with van der Waals surface area (Å²) in [5.74, 6) is 0.0869. The first-order valence-electron chi connectivity index (χ1n) is 11.6. The summed E-state index contributed by atoms with van der Waals surface area (Å²) >= 11 is 0. The van der Waals surface area contributed by atoms with Gasteiger partial charge in [-0.2, -0.15) is 0 Å². The highest BCUT2D eigenvalue weighted by atomic mass is 16.5. The molecule has 174 valence electrons. The molecule has 2 aliphatic rings. The molecule has 7 nitrogen and oxygen atoms in total. The maximum atomic E-state index is 13.2. The van der Waals surface area contributed by atoms with E-state index in [0.29, 0.717) is 36.0 Å². The highest BCUT2D eigenvalue weighted by Gasteiger charge is 2.49. The summed E-state index contributed by atoms with van der Waals surface area (Å²) in [6.07, 6.45) is 3.43. The van der Waals surface area contributed by atoms with Crippen molar-refractivity contribution in [3.05, 3.63) is 23.9 Å². The van der Waals surface area contributed by atoms with Crippen LogP contribution in [0.3, 0.4) is 0 Å². The summed E-state index contributed by atoms with van der Waals surface area (Å²) in [6, 6.07) is 5.97. The fraction of sp³-hybridized carbons (Fsp3) is 0.600. The normalized spacial score (nSPS) is 24.5. The van der Waals surface area contributed by atoms with Gasteiger partial charge < -0.3 is 19.8 Å². The van der Waals surface area contributed by atoms with E-state index in [1.54, 1.807) is 6.92 Å². The second-order valence-corrected chi connectivity index (χ2v) is 10.4. The Hall–Kier alpha value is -2.54. The molecule has 7 heteroatoms. The number of anilines is 1. The molecule has 2 atom stereocenters. The third kappa shape index (κ3) is 4.49. The number of rotatable bonds is 7. The minimum absolute atomic E-state index is 0.118. The summed E-state index contributed by atoms with van der Waals surface area (Å²) in [5, 5.41) is 3.75. The van der Waals surface area contributed by atoms with Crippen molar-refractivity contribution in [1.82, 2.24) is 9.88 Å². The molecule has 32 heavy (non-hydrogen) atoms. The van der Waals surface area contributed by atoms with Crippen molar-refractivity contribution in [3.63, 3.8) is 0 Å². The molecule has 1 saturated heterocycles. The van der Waals surface area contributed by atoms with Gasteiger partial charge in [0.05, 0.1) is 25.4 Å².